The van der Waals surface area contributed by atoms with Crippen molar-refractivity contribution in [3.05, 3.63) is 0 Å². The second-order valence-corrected chi connectivity index (χ2v) is 6.88. The van der Waals surface area contributed by atoms with Gasteiger partial charge in [0.25, 0.3) is 0 Å². The summed E-state index contributed by atoms with van der Waals surface area (Å²) in [5.41, 5.74) is 11.3. The van der Waals surface area contributed by atoms with E-state index in [2.05, 4.69) is 10.6 Å². The van der Waals surface area contributed by atoms with Gasteiger partial charge in [-0.05, 0) is 32.2 Å². The van der Waals surface area contributed by atoms with Gasteiger partial charge in [0.05, 0.1) is 6.54 Å². The SMILES string of the molecule is CNCC(=O)NC(C(=O)N1CC(N)CC1C(N)=O)C1CCCCC1. The van der Waals surface area contributed by atoms with E-state index in [1.54, 1.807) is 7.05 Å². The molecule has 0 aromatic carbocycles. The van der Waals surface area contributed by atoms with Gasteiger partial charge < -0.3 is 27.0 Å². The molecule has 2 rings (SSSR count). The van der Waals surface area contributed by atoms with Gasteiger partial charge in [-0.2, -0.15) is 0 Å². The molecule has 3 unspecified atom stereocenters. The summed E-state index contributed by atoms with van der Waals surface area (Å²) < 4.78 is 0. The third-order valence-electron chi connectivity index (χ3n) is 4.99. The summed E-state index contributed by atoms with van der Waals surface area (Å²) in [7, 11) is 1.68. The van der Waals surface area contributed by atoms with Crippen molar-refractivity contribution in [2.45, 2.75) is 56.7 Å². The van der Waals surface area contributed by atoms with Gasteiger partial charge in [-0.3, -0.25) is 14.4 Å². The summed E-state index contributed by atoms with van der Waals surface area (Å²) in [4.78, 5) is 38.2. The minimum absolute atomic E-state index is 0.0948. The molecule has 1 saturated carbocycles. The van der Waals surface area contributed by atoms with E-state index in [9.17, 15) is 14.4 Å². The van der Waals surface area contributed by atoms with E-state index >= 15 is 0 Å². The molecule has 3 atom stereocenters. The number of amides is 3. The Kier molecular flexibility index (Phi) is 6.56. The van der Waals surface area contributed by atoms with Crippen LogP contribution in [0.4, 0.5) is 0 Å². The highest BCUT2D eigenvalue weighted by molar-refractivity contribution is 5.92. The smallest absolute Gasteiger partial charge is 0.246 e. The van der Waals surface area contributed by atoms with E-state index in [1.807, 2.05) is 0 Å². The Morgan fingerprint density at radius 2 is 1.88 bits per heavy atom. The van der Waals surface area contributed by atoms with Crippen LogP contribution in [0.2, 0.25) is 0 Å². The second kappa shape index (κ2) is 8.43. The van der Waals surface area contributed by atoms with Crippen molar-refractivity contribution in [2.24, 2.45) is 17.4 Å². The highest BCUT2D eigenvalue weighted by Crippen LogP contribution is 2.29. The van der Waals surface area contributed by atoms with Gasteiger partial charge in [0, 0.05) is 12.6 Å². The van der Waals surface area contributed by atoms with Crippen molar-refractivity contribution in [2.75, 3.05) is 20.1 Å². The van der Waals surface area contributed by atoms with Gasteiger partial charge in [-0.1, -0.05) is 19.3 Å². The van der Waals surface area contributed by atoms with Crippen molar-refractivity contribution in [1.82, 2.24) is 15.5 Å². The molecule has 0 spiro atoms. The Morgan fingerprint density at radius 1 is 1.21 bits per heavy atom. The third kappa shape index (κ3) is 4.45. The number of likely N-dealkylation sites (tertiary alicyclic amines) is 1. The predicted molar refractivity (Wildman–Crippen MR) is 89.7 cm³/mol. The molecule has 1 saturated heterocycles. The second-order valence-electron chi connectivity index (χ2n) is 6.88. The maximum atomic E-state index is 13.1. The normalized spacial score (nSPS) is 26.2. The number of rotatable bonds is 6. The first-order chi connectivity index (χ1) is 11.4. The molecule has 0 aromatic rings. The maximum Gasteiger partial charge on any atom is 0.246 e. The van der Waals surface area contributed by atoms with E-state index in [-0.39, 0.29) is 30.3 Å². The molecule has 3 amide bonds. The van der Waals surface area contributed by atoms with Crippen molar-refractivity contribution < 1.29 is 14.4 Å². The van der Waals surface area contributed by atoms with Crippen LogP contribution in [0.15, 0.2) is 0 Å². The number of nitrogens with two attached hydrogens (primary N) is 2. The van der Waals surface area contributed by atoms with Crippen LogP contribution in [0, 0.1) is 5.92 Å². The molecule has 1 heterocycles. The highest BCUT2D eigenvalue weighted by Gasteiger charge is 2.42. The molecule has 2 aliphatic rings. The molecule has 8 heteroatoms. The minimum Gasteiger partial charge on any atom is -0.368 e. The lowest BCUT2D eigenvalue weighted by molar-refractivity contribution is -0.142. The number of nitrogens with zero attached hydrogens (tertiary/aromatic N) is 1. The summed E-state index contributed by atoms with van der Waals surface area (Å²) in [5, 5.41) is 5.64. The zero-order valence-electron chi connectivity index (χ0n) is 14.3. The topological polar surface area (TPSA) is 131 Å². The van der Waals surface area contributed by atoms with Crippen molar-refractivity contribution in [1.29, 1.82) is 0 Å². The highest BCUT2D eigenvalue weighted by atomic mass is 16.2. The molecular formula is C16H29N5O3. The quantitative estimate of drug-likeness (QED) is 0.477. The Morgan fingerprint density at radius 3 is 2.46 bits per heavy atom. The summed E-state index contributed by atoms with van der Waals surface area (Å²) in [5.74, 6) is -0.902. The zero-order valence-corrected chi connectivity index (χ0v) is 14.3. The number of primary amides is 1. The fourth-order valence-electron chi connectivity index (χ4n) is 3.79. The number of nitrogens with one attached hydrogen (secondary N) is 2. The molecule has 136 valence electrons. The van der Waals surface area contributed by atoms with Crippen molar-refractivity contribution in [3.63, 3.8) is 0 Å². The first kappa shape index (κ1) is 18.7. The van der Waals surface area contributed by atoms with Crippen LogP contribution in [0.3, 0.4) is 0 Å². The van der Waals surface area contributed by atoms with Crippen LogP contribution < -0.4 is 22.1 Å². The van der Waals surface area contributed by atoms with Gasteiger partial charge in [0.2, 0.25) is 17.7 Å². The Hall–Kier alpha value is -1.67. The third-order valence-corrected chi connectivity index (χ3v) is 4.99. The van der Waals surface area contributed by atoms with Crippen LogP contribution in [0.5, 0.6) is 0 Å². The molecule has 1 aliphatic carbocycles. The Labute approximate surface area is 142 Å². The summed E-state index contributed by atoms with van der Waals surface area (Å²) in [6.45, 7) is 0.451. The molecule has 24 heavy (non-hydrogen) atoms. The largest absolute Gasteiger partial charge is 0.368 e. The van der Waals surface area contributed by atoms with Gasteiger partial charge >= 0.3 is 0 Å². The van der Waals surface area contributed by atoms with Gasteiger partial charge in [-0.15, -0.1) is 0 Å². The lowest BCUT2D eigenvalue weighted by atomic mass is 9.83. The molecule has 0 radical (unpaired) electrons. The number of hydrogen-bond acceptors (Lipinski definition) is 5. The molecule has 2 fully saturated rings. The standard InChI is InChI=1S/C16H29N5O3/c1-19-8-13(22)20-14(10-5-3-2-4-6-10)16(24)21-9-11(17)7-12(21)15(18)23/h10-12,14,19H,2-9,17H2,1H3,(H2,18,23)(H,20,22). The van der Waals surface area contributed by atoms with E-state index in [0.717, 1.165) is 32.1 Å². The Bertz CT molecular complexity index is 478. The van der Waals surface area contributed by atoms with Gasteiger partial charge in [-0.25, -0.2) is 0 Å². The molecular weight excluding hydrogens is 310 g/mol. The van der Waals surface area contributed by atoms with Crippen LogP contribution in [0.25, 0.3) is 0 Å². The van der Waals surface area contributed by atoms with Crippen molar-refractivity contribution in [3.8, 4) is 0 Å². The van der Waals surface area contributed by atoms with Crippen molar-refractivity contribution >= 4 is 17.7 Å². The van der Waals surface area contributed by atoms with E-state index < -0.39 is 18.0 Å². The lowest BCUT2D eigenvalue weighted by Crippen LogP contribution is -2.56. The first-order valence-electron chi connectivity index (χ1n) is 8.73. The number of likely N-dealkylation sites (N-methyl/N-ethyl adjacent to an activating group) is 1. The monoisotopic (exact) mass is 339 g/mol. The average molecular weight is 339 g/mol. The van der Waals surface area contributed by atoms with Crippen LogP contribution >= 0.6 is 0 Å². The van der Waals surface area contributed by atoms with E-state index in [0.29, 0.717) is 13.0 Å². The van der Waals surface area contributed by atoms with Crippen LogP contribution in [-0.4, -0.2) is 60.9 Å². The van der Waals surface area contributed by atoms with E-state index in [1.165, 1.54) is 4.90 Å². The summed E-state index contributed by atoms with van der Waals surface area (Å²) in [6, 6.07) is -1.55. The maximum absolute atomic E-state index is 13.1. The van der Waals surface area contributed by atoms with Crippen LogP contribution in [-0.2, 0) is 14.4 Å². The molecule has 8 nitrogen and oxygen atoms in total. The summed E-state index contributed by atoms with van der Waals surface area (Å²) in [6.07, 6.45) is 5.43. The van der Waals surface area contributed by atoms with Gasteiger partial charge in [0.15, 0.2) is 0 Å². The Balaban J connectivity index is 2.16. The number of carbonyl (C=O) groups excluding carboxylic acids is 3. The van der Waals surface area contributed by atoms with E-state index in [4.69, 9.17) is 11.5 Å². The fraction of sp³-hybridized carbons (Fsp3) is 0.812. The van der Waals surface area contributed by atoms with Crippen LogP contribution in [0.1, 0.15) is 38.5 Å². The fourth-order valence-corrected chi connectivity index (χ4v) is 3.79. The first-order valence-corrected chi connectivity index (χ1v) is 8.73. The zero-order chi connectivity index (χ0) is 17.7. The molecule has 1 aliphatic heterocycles. The minimum atomic E-state index is -0.681. The lowest BCUT2D eigenvalue weighted by Gasteiger charge is -2.34. The molecule has 6 N–H and O–H groups in total. The predicted octanol–water partition coefficient (Wildman–Crippen LogP) is -1.32. The van der Waals surface area contributed by atoms with Gasteiger partial charge in [0.1, 0.15) is 12.1 Å². The number of hydrogen-bond donors (Lipinski definition) is 4. The molecule has 0 bridgehead atoms. The average Bonchev–Trinajstić information content (AvgIpc) is 2.95. The number of carbonyl (C=O) groups is 3. The molecule has 0 aromatic heterocycles. The summed E-state index contributed by atoms with van der Waals surface area (Å²) >= 11 is 0.